The molecule has 1 atom stereocenters. The van der Waals surface area contributed by atoms with Crippen molar-refractivity contribution >= 4 is 5.97 Å². The summed E-state index contributed by atoms with van der Waals surface area (Å²) in [7, 11) is 0. The molecular formula is C10H19NO3. The molecule has 1 unspecified atom stereocenters. The van der Waals surface area contributed by atoms with E-state index in [2.05, 4.69) is 5.32 Å². The van der Waals surface area contributed by atoms with Gasteiger partial charge in [-0.2, -0.15) is 0 Å². The topological polar surface area (TPSA) is 47.6 Å². The van der Waals surface area contributed by atoms with E-state index in [1.54, 1.807) is 0 Å². The summed E-state index contributed by atoms with van der Waals surface area (Å²) in [6.45, 7) is 4.22. The van der Waals surface area contributed by atoms with E-state index < -0.39 is 0 Å². The normalized spacial score (nSPS) is 22.8. The minimum atomic E-state index is -0.169. The Hall–Kier alpha value is -0.610. The lowest BCUT2D eigenvalue weighted by atomic mass is 10.1. The van der Waals surface area contributed by atoms with Crippen molar-refractivity contribution in [2.24, 2.45) is 0 Å². The molecule has 4 heteroatoms. The van der Waals surface area contributed by atoms with E-state index >= 15 is 0 Å². The maximum Gasteiger partial charge on any atom is 0.319 e. The molecular weight excluding hydrogens is 182 g/mol. The van der Waals surface area contributed by atoms with Crippen LogP contribution in [0.4, 0.5) is 0 Å². The van der Waals surface area contributed by atoms with Crippen LogP contribution in [0.5, 0.6) is 0 Å². The molecule has 0 radical (unpaired) electrons. The molecule has 0 aliphatic carbocycles. The summed E-state index contributed by atoms with van der Waals surface area (Å²) in [5, 5.41) is 3.19. The first-order valence-corrected chi connectivity index (χ1v) is 5.29. The minimum absolute atomic E-state index is 0.169. The highest BCUT2D eigenvalue weighted by molar-refractivity contribution is 5.71. The van der Waals surface area contributed by atoms with Gasteiger partial charge in [0.2, 0.25) is 0 Å². The monoisotopic (exact) mass is 201 g/mol. The summed E-state index contributed by atoms with van der Waals surface area (Å²) in [6.07, 6.45) is 3.14. The van der Waals surface area contributed by atoms with Crippen LogP contribution in [0, 0.1) is 0 Å². The summed E-state index contributed by atoms with van der Waals surface area (Å²) in [6, 6.07) is 0.405. The highest BCUT2D eigenvalue weighted by Crippen LogP contribution is 2.07. The number of rotatable bonds is 4. The van der Waals surface area contributed by atoms with Crippen LogP contribution in [0.25, 0.3) is 0 Å². The van der Waals surface area contributed by atoms with Gasteiger partial charge in [0.15, 0.2) is 0 Å². The van der Waals surface area contributed by atoms with E-state index in [1.165, 1.54) is 0 Å². The Kier molecular flexibility index (Phi) is 5.56. The second kappa shape index (κ2) is 6.79. The molecule has 1 saturated heterocycles. The predicted octanol–water partition coefficient (Wildman–Crippen LogP) is 0.708. The quantitative estimate of drug-likeness (QED) is 0.680. The van der Waals surface area contributed by atoms with Crippen LogP contribution < -0.4 is 5.32 Å². The third-order valence-corrected chi connectivity index (χ3v) is 2.29. The molecule has 82 valence electrons. The number of carbonyl (C=O) groups is 1. The molecule has 14 heavy (non-hydrogen) atoms. The Morgan fingerprint density at radius 1 is 1.50 bits per heavy atom. The van der Waals surface area contributed by atoms with Crippen LogP contribution in [-0.2, 0) is 14.3 Å². The molecule has 0 bridgehead atoms. The van der Waals surface area contributed by atoms with Gasteiger partial charge in [-0.3, -0.25) is 4.79 Å². The fourth-order valence-electron chi connectivity index (χ4n) is 1.55. The van der Waals surface area contributed by atoms with Gasteiger partial charge in [0, 0.05) is 19.3 Å². The fraction of sp³-hybridized carbons (Fsp3) is 0.900. The predicted molar refractivity (Wildman–Crippen MR) is 53.1 cm³/mol. The third kappa shape index (κ3) is 4.58. The molecule has 1 N–H and O–H groups in total. The number of carbonyl (C=O) groups excluding carboxylic acids is 1. The van der Waals surface area contributed by atoms with Gasteiger partial charge in [0.1, 0.15) is 0 Å². The molecule has 1 rings (SSSR count). The Bertz CT molecular complexity index is 165. The molecule has 0 aromatic heterocycles. The number of ether oxygens (including phenoxy) is 2. The Morgan fingerprint density at radius 2 is 2.36 bits per heavy atom. The lowest BCUT2D eigenvalue weighted by molar-refractivity contribution is -0.142. The van der Waals surface area contributed by atoms with Crippen molar-refractivity contribution in [2.45, 2.75) is 32.2 Å². The highest BCUT2D eigenvalue weighted by atomic mass is 16.5. The number of hydrogen-bond donors (Lipinski definition) is 1. The molecule has 1 aliphatic rings. The average Bonchev–Trinajstić information content (AvgIpc) is 2.43. The summed E-state index contributed by atoms with van der Waals surface area (Å²) < 4.78 is 10.2. The van der Waals surface area contributed by atoms with Gasteiger partial charge in [-0.05, 0) is 26.2 Å². The van der Waals surface area contributed by atoms with E-state index in [0.29, 0.717) is 19.2 Å². The lowest BCUT2D eigenvalue weighted by Crippen LogP contribution is -2.34. The largest absolute Gasteiger partial charge is 0.465 e. The van der Waals surface area contributed by atoms with Gasteiger partial charge in [-0.25, -0.2) is 0 Å². The molecule has 0 spiro atoms. The van der Waals surface area contributed by atoms with Gasteiger partial charge in [0.05, 0.1) is 13.2 Å². The molecule has 0 aromatic carbocycles. The first-order chi connectivity index (χ1) is 6.83. The molecule has 4 nitrogen and oxygen atoms in total. The van der Waals surface area contributed by atoms with E-state index in [9.17, 15) is 4.79 Å². The van der Waals surface area contributed by atoms with Crippen molar-refractivity contribution in [3.8, 4) is 0 Å². The van der Waals surface area contributed by atoms with Crippen molar-refractivity contribution < 1.29 is 14.3 Å². The van der Waals surface area contributed by atoms with Crippen LogP contribution in [0.15, 0.2) is 0 Å². The Morgan fingerprint density at radius 3 is 3.14 bits per heavy atom. The average molecular weight is 201 g/mol. The first kappa shape index (κ1) is 11.5. The zero-order valence-electron chi connectivity index (χ0n) is 8.75. The van der Waals surface area contributed by atoms with Crippen LogP contribution in [0.3, 0.4) is 0 Å². The second-order valence-corrected chi connectivity index (χ2v) is 3.43. The van der Waals surface area contributed by atoms with Crippen molar-refractivity contribution in [3.63, 3.8) is 0 Å². The van der Waals surface area contributed by atoms with Crippen molar-refractivity contribution in [2.75, 3.05) is 26.4 Å². The fourth-order valence-corrected chi connectivity index (χ4v) is 1.55. The van der Waals surface area contributed by atoms with Gasteiger partial charge in [-0.15, -0.1) is 0 Å². The second-order valence-electron chi connectivity index (χ2n) is 3.43. The standard InChI is InChI=1S/C10H19NO3/c1-2-14-10(12)8-11-9-4-3-6-13-7-5-9/h9,11H,2-8H2,1H3. The summed E-state index contributed by atoms with van der Waals surface area (Å²) in [5.74, 6) is -0.169. The lowest BCUT2D eigenvalue weighted by Gasteiger charge is -2.14. The van der Waals surface area contributed by atoms with Crippen LogP contribution >= 0.6 is 0 Å². The maximum absolute atomic E-state index is 11.1. The molecule has 1 heterocycles. The Labute approximate surface area is 85.0 Å². The smallest absolute Gasteiger partial charge is 0.319 e. The van der Waals surface area contributed by atoms with Gasteiger partial charge < -0.3 is 14.8 Å². The number of esters is 1. The van der Waals surface area contributed by atoms with Gasteiger partial charge in [-0.1, -0.05) is 0 Å². The summed E-state index contributed by atoms with van der Waals surface area (Å²) in [4.78, 5) is 11.1. The summed E-state index contributed by atoms with van der Waals surface area (Å²) in [5.41, 5.74) is 0. The molecule has 1 aliphatic heterocycles. The minimum Gasteiger partial charge on any atom is -0.465 e. The molecule has 0 aromatic rings. The van der Waals surface area contributed by atoms with E-state index in [1.807, 2.05) is 6.92 Å². The third-order valence-electron chi connectivity index (χ3n) is 2.29. The first-order valence-electron chi connectivity index (χ1n) is 5.29. The summed E-state index contributed by atoms with van der Waals surface area (Å²) >= 11 is 0. The van der Waals surface area contributed by atoms with Crippen molar-refractivity contribution in [3.05, 3.63) is 0 Å². The van der Waals surface area contributed by atoms with Crippen molar-refractivity contribution in [1.29, 1.82) is 0 Å². The highest BCUT2D eigenvalue weighted by Gasteiger charge is 2.13. The number of nitrogens with one attached hydrogen (secondary N) is 1. The van der Waals surface area contributed by atoms with Crippen molar-refractivity contribution in [1.82, 2.24) is 5.32 Å². The SMILES string of the molecule is CCOC(=O)CNC1CCCOCC1. The molecule has 0 saturated carbocycles. The zero-order chi connectivity index (χ0) is 10.2. The zero-order valence-corrected chi connectivity index (χ0v) is 8.75. The molecule has 1 fully saturated rings. The maximum atomic E-state index is 11.1. The van der Waals surface area contributed by atoms with E-state index in [4.69, 9.17) is 9.47 Å². The van der Waals surface area contributed by atoms with Crippen LogP contribution in [0.2, 0.25) is 0 Å². The van der Waals surface area contributed by atoms with Gasteiger partial charge >= 0.3 is 5.97 Å². The van der Waals surface area contributed by atoms with E-state index in [0.717, 1.165) is 32.5 Å². The van der Waals surface area contributed by atoms with Crippen LogP contribution in [-0.4, -0.2) is 38.4 Å². The van der Waals surface area contributed by atoms with Crippen LogP contribution in [0.1, 0.15) is 26.2 Å². The Balaban J connectivity index is 2.12. The van der Waals surface area contributed by atoms with Gasteiger partial charge in [0.25, 0.3) is 0 Å². The molecule has 0 amide bonds. The van der Waals surface area contributed by atoms with E-state index in [-0.39, 0.29) is 5.97 Å². The number of hydrogen-bond acceptors (Lipinski definition) is 4.